The van der Waals surface area contributed by atoms with Gasteiger partial charge in [0.15, 0.2) is 0 Å². The summed E-state index contributed by atoms with van der Waals surface area (Å²) in [4.78, 5) is 3.39. The van der Waals surface area contributed by atoms with Crippen LogP contribution in [0, 0.1) is 0 Å². The van der Waals surface area contributed by atoms with Crippen LogP contribution < -0.4 is 5.32 Å². The average molecular weight is 258 g/mol. The topological polar surface area (TPSA) is 27.8 Å². The number of aryl methyl sites for hydroxylation is 1. The molecule has 0 spiro atoms. The van der Waals surface area contributed by atoms with Crippen molar-refractivity contribution in [3.05, 3.63) is 35.5 Å². The summed E-state index contributed by atoms with van der Waals surface area (Å²) in [6.45, 7) is 11.1. The van der Waals surface area contributed by atoms with E-state index in [4.69, 9.17) is 0 Å². The second-order valence-corrected chi connectivity index (χ2v) is 6.28. The van der Waals surface area contributed by atoms with Crippen molar-refractivity contribution in [1.29, 1.82) is 0 Å². The maximum absolute atomic E-state index is 3.39. The molecule has 0 amide bonds. The van der Waals surface area contributed by atoms with Crippen molar-refractivity contribution in [2.24, 2.45) is 0 Å². The molecule has 2 N–H and O–H groups in total. The molecule has 1 aromatic heterocycles. The summed E-state index contributed by atoms with van der Waals surface area (Å²) in [6, 6.07) is 6.80. The Morgan fingerprint density at radius 1 is 1.21 bits per heavy atom. The lowest BCUT2D eigenvalue weighted by molar-refractivity contribution is 0.591. The van der Waals surface area contributed by atoms with Crippen molar-refractivity contribution in [1.82, 2.24) is 10.3 Å². The predicted molar refractivity (Wildman–Crippen MR) is 83.9 cm³/mol. The first-order valence-electron chi connectivity index (χ1n) is 7.33. The number of hydrogen-bond donors (Lipinski definition) is 2. The second-order valence-electron chi connectivity index (χ2n) is 6.28. The number of aromatic nitrogens is 1. The zero-order chi connectivity index (χ0) is 13.9. The van der Waals surface area contributed by atoms with E-state index >= 15 is 0 Å². The van der Waals surface area contributed by atoms with E-state index < -0.39 is 0 Å². The molecule has 0 fully saturated rings. The summed E-state index contributed by atoms with van der Waals surface area (Å²) >= 11 is 0. The third kappa shape index (κ3) is 3.38. The van der Waals surface area contributed by atoms with E-state index in [0.29, 0.717) is 0 Å². The molecular weight excluding hydrogens is 232 g/mol. The molecule has 0 radical (unpaired) electrons. The third-order valence-corrected chi connectivity index (χ3v) is 3.68. The van der Waals surface area contributed by atoms with Crippen molar-refractivity contribution in [2.75, 3.05) is 13.1 Å². The number of rotatable bonds is 5. The van der Waals surface area contributed by atoms with E-state index in [-0.39, 0.29) is 5.41 Å². The van der Waals surface area contributed by atoms with Crippen LogP contribution in [0.4, 0.5) is 0 Å². The lowest BCUT2D eigenvalue weighted by atomic mass is 9.86. The van der Waals surface area contributed by atoms with Gasteiger partial charge in [-0.25, -0.2) is 0 Å². The van der Waals surface area contributed by atoms with Gasteiger partial charge in [0, 0.05) is 17.1 Å². The highest BCUT2D eigenvalue weighted by Crippen LogP contribution is 2.28. The van der Waals surface area contributed by atoms with Crippen LogP contribution in [0.1, 0.15) is 45.2 Å². The van der Waals surface area contributed by atoms with Gasteiger partial charge in [0.05, 0.1) is 0 Å². The monoisotopic (exact) mass is 258 g/mol. The summed E-state index contributed by atoms with van der Waals surface area (Å²) in [5.41, 5.74) is 4.32. The molecule has 2 aromatic rings. The Bertz CT molecular complexity index is 532. The molecule has 0 aliphatic heterocycles. The molecule has 19 heavy (non-hydrogen) atoms. The van der Waals surface area contributed by atoms with Gasteiger partial charge in [-0.1, -0.05) is 33.8 Å². The Morgan fingerprint density at radius 2 is 2.00 bits per heavy atom. The van der Waals surface area contributed by atoms with Gasteiger partial charge in [-0.3, -0.25) is 0 Å². The summed E-state index contributed by atoms with van der Waals surface area (Å²) < 4.78 is 0. The zero-order valence-corrected chi connectivity index (χ0v) is 12.6. The molecule has 0 saturated carbocycles. The van der Waals surface area contributed by atoms with E-state index in [1.165, 1.54) is 28.5 Å². The van der Waals surface area contributed by atoms with E-state index in [9.17, 15) is 0 Å². The highest BCUT2D eigenvalue weighted by molar-refractivity contribution is 5.84. The Kier molecular flexibility index (Phi) is 4.31. The molecule has 2 rings (SSSR count). The Labute approximate surface area is 116 Å². The fourth-order valence-corrected chi connectivity index (χ4v) is 2.43. The molecule has 1 heterocycles. The average Bonchev–Trinajstić information content (AvgIpc) is 2.76. The number of H-pyrrole nitrogens is 1. The third-order valence-electron chi connectivity index (χ3n) is 3.68. The predicted octanol–water partition coefficient (Wildman–Crippen LogP) is 4.01. The van der Waals surface area contributed by atoms with Crippen LogP contribution >= 0.6 is 0 Å². The summed E-state index contributed by atoms with van der Waals surface area (Å²) in [5.74, 6) is 0. The van der Waals surface area contributed by atoms with Gasteiger partial charge in [0.25, 0.3) is 0 Å². The molecule has 0 saturated heterocycles. The highest BCUT2D eigenvalue weighted by atomic mass is 14.8. The SMILES string of the molecule is CCNCCCc1c[nH]c2ccc(C(C)(C)C)cc12. The quantitative estimate of drug-likeness (QED) is 0.779. The molecule has 2 heteroatoms. The van der Waals surface area contributed by atoms with Gasteiger partial charge in [0.2, 0.25) is 0 Å². The van der Waals surface area contributed by atoms with Gasteiger partial charge in [0.1, 0.15) is 0 Å². The largest absolute Gasteiger partial charge is 0.361 e. The first-order chi connectivity index (χ1) is 9.02. The summed E-state index contributed by atoms with van der Waals surface area (Å²) in [5, 5.41) is 4.78. The van der Waals surface area contributed by atoms with Crippen LogP contribution in [0.5, 0.6) is 0 Å². The molecule has 0 atom stereocenters. The maximum Gasteiger partial charge on any atom is 0.0456 e. The normalized spacial score (nSPS) is 12.2. The maximum atomic E-state index is 3.39. The van der Waals surface area contributed by atoms with E-state index in [2.05, 4.69) is 62.4 Å². The first-order valence-corrected chi connectivity index (χ1v) is 7.33. The van der Waals surface area contributed by atoms with Gasteiger partial charge in [-0.2, -0.15) is 0 Å². The minimum Gasteiger partial charge on any atom is -0.361 e. The Balaban J connectivity index is 2.20. The molecule has 0 unspecified atom stereocenters. The fraction of sp³-hybridized carbons (Fsp3) is 0.529. The molecule has 0 aliphatic rings. The first kappa shape index (κ1) is 14.1. The number of aromatic amines is 1. The minimum atomic E-state index is 0.215. The smallest absolute Gasteiger partial charge is 0.0456 e. The molecule has 1 aromatic carbocycles. The highest BCUT2D eigenvalue weighted by Gasteiger charge is 2.15. The van der Waals surface area contributed by atoms with Crippen molar-refractivity contribution >= 4 is 10.9 Å². The van der Waals surface area contributed by atoms with Crippen LogP contribution in [-0.4, -0.2) is 18.1 Å². The van der Waals surface area contributed by atoms with Gasteiger partial charge >= 0.3 is 0 Å². The molecule has 104 valence electrons. The van der Waals surface area contributed by atoms with E-state index in [1.54, 1.807) is 0 Å². The number of nitrogens with one attached hydrogen (secondary N) is 2. The molecule has 0 aliphatic carbocycles. The van der Waals surface area contributed by atoms with Crippen molar-refractivity contribution in [3.63, 3.8) is 0 Å². The molecular formula is C17H26N2. The van der Waals surface area contributed by atoms with E-state index in [1.807, 2.05) is 0 Å². The zero-order valence-electron chi connectivity index (χ0n) is 12.6. The number of fused-ring (bicyclic) bond motifs is 1. The van der Waals surface area contributed by atoms with Crippen LogP contribution in [0.15, 0.2) is 24.4 Å². The minimum absolute atomic E-state index is 0.215. The Morgan fingerprint density at radius 3 is 2.68 bits per heavy atom. The van der Waals surface area contributed by atoms with Crippen molar-refractivity contribution in [2.45, 2.75) is 46.0 Å². The lowest BCUT2D eigenvalue weighted by Crippen LogP contribution is -2.14. The van der Waals surface area contributed by atoms with Crippen LogP contribution in [0.3, 0.4) is 0 Å². The van der Waals surface area contributed by atoms with E-state index in [0.717, 1.165) is 19.5 Å². The number of hydrogen-bond acceptors (Lipinski definition) is 1. The van der Waals surface area contributed by atoms with Crippen LogP contribution in [-0.2, 0) is 11.8 Å². The van der Waals surface area contributed by atoms with Crippen LogP contribution in [0.2, 0.25) is 0 Å². The standard InChI is InChI=1S/C17H26N2/c1-5-18-10-6-7-13-12-19-16-9-8-14(11-15(13)16)17(2,3)4/h8-9,11-12,18-19H,5-7,10H2,1-4H3. The van der Waals surface area contributed by atoms with Gasteiger partial charge < -0.3 is 10.3 Å². The van der Waals surface area contributed by atoms with Crippen molar-refractivity contribution in [3.8, 4) is 0 Å². The number of benzene rings is 1. The van der Waals surface area contributed by atoms with Crippen molar-refractivity contribution < 1.29 is 0 Å². The second kappa shape index (κ2) is 5.79. The summed E-state index contributed by atoms with van der Waals surface area (Å²) in [6.07, 6.45) is 4.50. The van der Waals surface area contributed by atoms with Gasteiger partial charge in [-0.05, 0) is 54.6 Å². The lowest BCUT2D eigenvalue weighted by Gasteiger charge is -2.19. The molecule has 2 nitrogen and oxygen atoms in total. The van der Waals surface area contributed by atoms with Gasteiger partial charge in [-0.15, -0.1) is 0 Å². The molecule has 0 bridgehead atoms. The summed E-state index contributed by atoms with van der Waals surface area (Å²) in [7, 11) is 0. The Hall–Kier alpha value is -1.28. The van der Waals surface area contributed by atoms with Crippen LogP contribution in [0.25, 0.3) is 10.9 Å². The fourth-order valence-electron chi connectivity index (χ4n) is 2.43.